The van der Waals surface area contributed by atoms with Gasteiger partial charge in [0.2, 0.25) is 10.0 Å². The summed E-state index contributed by atoms with van der Waals surface area (Å²) < 4.78 is 25.0. The van der Waals surface area contributed by atoms with Gasteiger partial charge < -0.3 is 5.32 Å². The van der Waals surface area contributed by atoms with Crippen molar-refractivity contribution in [2.75, 3.05) is 30.9 Å². The molecule has 0 saturated carbocycles. The van der Waals surface area contributed by atoms with Gasteiger partial charge in [0.25, 0.3) is 0 Å². The molecule has 102 valence electrons. The standard InChI is InChI=1S/C11H24N2O2S2/c1-11(2,13-17(3,14)15)9-12-7-10-5-4-6-16-8-10/h10,12-13H,4-9H2,1-3H3. The van der Waals surface area contributed by atoms with Crippen LogP contribution >= 0.6 is 11.8 Å². The minimum absolute atomic E-state index is 0.421. The maximum atomic E-state index is 11.2. The summed E-state index contributed by atoms with van der Waals surface area (Å²) >= 11 is 2.02. The van der Waals surface area contributed by atoms with Crippen LogP contribution < -0.4 is 10.0 Å². The molecule has 1 aliphatic rings. The maximum absolute atomic E-state index is 11.2. The van der Waals surface area contributed by atoms with Crippen LogP contribution in [0.15, 0.2) is 0 Å². The summed E-state index contributed by atoms with van der Waals surface area (Å²) in [5.74, 6) is 3.26. The Morgan fingerprint density at radius 3 is 2.65 bits per heavy atom. The van der Waals surface area contributed by atoms with Crippen LogP contribution in [0.5, 0.6) is 0 Å². The molecule has 0 amide bonds. The van der Waals surface area contributed by atoms with Gasteiger partial charge in [0.15, 0.2) is 0 Å². The summed E-state index contributed by atoms with van der Waals surface area (Å²) in [6, 6.07) is 0. The van der Waals surface area contributed by atoms with Crippen LogP contribution in [0, 0.1) is 5.92 Å². The number of rotatable bonds is 6. The molecule has 17 heavy (non-hydrogen) atoms. The Balaban J connectivity index is 2.24. The van der Waals surface area contributed by atoms with Crippen molar-refractivity contribution in [3.63, 3.8) is 0 Å². The Bertz CT molecular complexity index is 322. The molecule has 0 aliphatic carbocycles. The van der Waals surface area contributed by atoms with Crippen molar-refractivity contribution in [3.05, 3.63) is 0 Å². The molecule has 2 N–H and O–H groups in total. The van der Waals surface area contributed by atoms with Gasteiger partial charge in [-0.05, 0) is 50.7 Å². The average molecular weight is 280 g/mol. The first-order chi connectivity index (χ1) is 7.79. The number of thioether (sulfide) groups is 1. The molecule has 4 nitrogen and oxygen atoms in total. The second kappa shape index (κ2) is 6.41. The van der Waals surface area contributed by atoms with E-state index in [1.54, 1.807) is 0 Å². The predicted octanol–water partition coefficient (Wildman–Crippen LogP) is 1.05. The van der Waals surface area contributed by atoms with Gasteiger partial charge in [-0.15, -0.1) is 0 Å². The maximum Gasteiger partial charge on any atom is 0.209 e. The van der Waals surface area contributed by atoms with E-state index in [0.29, 0.717) is 6.54 Å². The molecule has 1 unspecified atom stereocenters. The molecule has 6 heteroatoms. The number of hydrogen-bond donors (Lipinski definition) is 2. The van der Waals surface area contributed by atoms with E-state index in [-0.39, 0.29) is 0 Å². The van der Waals surface area contributed by atoms with Gasteiger partial charge in [0.05, 0.1) is 6.26 Å². The van der Waals surface area contributed by atoms with Crippen LogP contribution in [0.25, 0.3) is 0 Å². The van der Waals surface area contributed by atoms with Gasteiger partial charge in [-0.2, -0.15) is 11.8 Å². The molecule has 1 fully saturated rings. The van der Waals surface area contributed by atoms with Crippen molar-refractivity contribution in [2.45, 2.75) is 32.2 Å². The molecule has 1 heterocycles. The van der Waals surface area contributed by atoms with Crippen molar-refractivity contribution in [3.8, 4) is 0 Å². The molecule has 0 aromatic heterocycles. The van der Waals surface area contributed by atoms with Gasteiger partial charge in [-0.25, -0.2) is 13.1 Å². The Morgan fingerprint density at radius 2 is 2.12 bits per heavy atom. The van der Waals surface area contributed by atoms with E-state index in [0.717, 1.165) is 12.5 Å². The van der Waals surface area contributed by atoms with Gasteiger partial charge in [-0.1, -0.05) is 0 Å². The van der Waals surface area contributed by atoms with E-state index < -0.39 is 15.6 Å². The fourth-order valence-corrected chi connectivity index (χ4v) is 4.33. The van der Waals surface area contributed by atoms with Crippen molar-refractivity contribution < 1.29 is 8.42 Å². The Kier molecular flexibility index (Phi) is 5.76. The largest absolute Gasteiger partial charge is 0.315 e. The minimum atomic E-state index is -3.13. The van der Waals surface area contributed by atoms with Gasteiger partial charge in [0, 0.05) is 12.1 Å². The van der Waals surface area contributed by atoms with Crippen LogP contribution in [-0.4, -0.2) is 44.8 Å². The zero-order valence-electron chi connectivity index (χ0n) is 11.0. The zero-order chi connectivity index (χ0) is 12.9. The van der Waals surface area contributed by atoms with Crippen molar-refractivity contribution in [1.29, 1.82) is 0 Å². The molecule has 0 radical (unpaired) electrons. The lowest BCUT2D eigenvalue weighted by molar-refractivity contribution is 0.392. The quantitative estimate of drug-likeness (QED) is 0.763. The molecular formula is C11H24N2O2S2. The summed E-state index contributed by atoms with van der Waals surface area (Å²) in [7, 11) is -3.13. The van der Waals surface area contributed by atoms with Gasteiger partial charge in [0.1, 0.15) is 0 Å². The molecule has 1 aliphatic heterocycles. The highest BCUT2D eigenvalue weighted by Gasteiger charge is 2.22. The van der Waals surface area contributed by atoms with Crippen molar-refractivity contribution in [2.24, 2.45) is 5.92 Å². The Hall–Kier alpha value is 0.220. The molecule has 0 aromatic rings. The third kappa shape index (κ3) is 7.28. The highest BCUT2D eigenvalue weighted by molar-refractivity contribution is 7.99. The molecule has 0 aromatic carbocycles. The molecule has 0 bridgehead atoms. The van der Waals surface area contributed by atoms with Crippen LogP contribution in [0.1, 0.15) is 26.7 Å². The van der Waals surface area contributed by atoms with E-state index in [2.05, 4.69) is 10.0 Å². The van der Waals surface area contributed by atoms with E-state index >= 15 is 0 Å². The topological polar surface area (TPSA) is 58.2 Å². The summed E-state index contributed by atoms with van der Waals surface area (Å²) in [5, 5.41) is 3.38. The Labute approximate surface area is 109 Å². The predicted molar refractivity (Wildman–Crippen MR) is 75.0 cm³/mol. The van der Waals surface area contributed by atoms with E-state index in [9.17, 15) is 8.42 Å². The minimum Gasteiger partial charge on any atom is -0.315 e. The first kappa shape index (κ1) is 15.3. The van der Waals surface area contributed by atoms with Gasteiger partial charge in [-0.3, -0.25) is 0 Å². The summed E-state index contributed by atoms with van der Waals surface area (Å²) in [5.41, 5.74) is -0.421. The summed E-state index contributed by atoms with van der Waals surface area (Å²) in [6.07, 6.45) is 3.80. The zero-order valence-corrected chi connectivity index (χ0v) is 12.6. The molecule has 1 atom stereocenters. The highest BCUT2D eigenvalue weighted by Crippen LogP contribution is 2.21. The van der Waals surface area contributed by atoms with E-state index in [1.165, 1.54) is 30.6 Å². The summed E-state index contributed by atoms with van der Waals surface area (Å²) in [6.45, 7) is 5.45. The van der Waals surface area contributed by atoms with Crippen LogP contribution in [0.3, 0.4) is 0 Å². The fraction of sp³-hybridized carbons (Fsp3) is 1.00. The highest BCUT2D eigenvalue weighted by atomic mass is 32.2. The lowest BCUT2D eigenvalue weighted by atomic mass is 10.0. The van der Waals surface area contributed by atoms with Crippen molar-refractivity contribution >= 4 is 21.8 Å². The average Bonchev–Trinajstić information content (AvgIpc) is 2.15. The monoisotopic (exact) mass is 280 g/mol. The summed E-state index contributed by atoms with van der Waals surface area (Å²) in [4.78, 5) is 0. The molecule has 0 spiro atoms. The molecule has 1 rings (SSSR count). The third-order valence-electron chi connectivity index (χ3n) is 2.72. The van der Waals surface area contributed by atoms with Crippen LogP contribution in [-0.2, 0) is 10.0 Å². The number of nitrogens with one attached hydrogen (secondary N) is 2. The second-order valence-electron chi connectivity index (χ2n) is 5.47. The van der Waals surface area contributed by atoms with Gasteiger partial charge >= 0.3 is 0 Å². The normalized spacial score (nSPS) is 22.6. The van der Waals surface area contributed by atoms with E-state index in [4.69, 9.17) is 0 Å². The lowest BCUT2D eigenvalue weighted by Gasteiger charge is -2.28. The second-order valence-corrected chi connectivity index (χ2v) is 8.37. The smallest absolute Gasteiger partial charge is 0.209 e. The first-order valence-corrected chi connectivity index (χ1v) is 9.10. The molecule has 1 saturated heterocycles. The van der Waals surface area contributed by atoms with Crippen molar-refractivity contribution in [1.82, 2.24) is 10.0 Å². The molecular weight excluding hydrogens is 256 g/mol. The lowest BCUT2D eigenvalue weighted by Crippen LogP contribution is -2.50. The number of hydrogen-bond acceptors (Lipinski definition) is 4. The van der Waals surface area contributed by atoms with E-state index in [1.807, 2.05) is 25.6 Å². The van der Waals surface area contributed by atoms with Crippen LogP contribution in [0.4, 0.5) is 0 Å². The first-order valence-electron chi connectivity index (χ1n) is 6.06. The Morgan fingerprint density at radius 1 is 1.41 bits per heavy atom. The fourth-order valence-electron chi connectivity index (χ4n) is 2.10. The number of sulfonamides is 1. The van der Waals surface area contributed by atoms with Crippen LogP contribution in [0.2, 0.25) is 0 Å². The SMILES string of the molecule is CC(C)(CNCC1CCCSC1)NS(C)(=O)=O. The third-order valence-corrected chi connectivity index (χ3v) is 4.92.